The molecule has 0 aliphatic carbocycles. The minimum Gasteiger partial charge on any atom is -0.387 e. The molecule has 0 aromatic rings. The number of hydrogen-bond donors (Lipinski definition) is 3. The Morgan fingerprint density at radius 2 is 1.79 bits per heavy atom. The van der Waals surface area contributed by atoms with E-state index in [0.29, 0.717) is 0 Å². The molecule has 84 valence electrons. The lowest BCUT2D eigenvalue weighted by atomic mass is 9.99. The van der Waals surface area contributed by atoms with E-state index in [2.05, 4.69) is 0 Å². The fraction of sp³-hybridized carbons (Fsp3) is 1.00. The first kappa shape index (κ1) is 11.8. The van der Waals surface area contributed by atoms with Crippen molar-refractivity contribution in [3.8, 4) is 0 Å². The van der Waals surface area contributed by atoms with Crippen LogP contribution in [0.4, 0.5) is 0 Å². The van der Waals surface area contributed by atoms with Crippen LogP contribution in [-0.4, -0.2) is 66.9 Å². The van der Waals surface area contributed by atoms with Gasteiger partial charge in [-0.2, -0.15) is 0 Å². The first-order valence-corrected chi connectivity index (χ1v) is 4.33. The topological polar surface area (TPSA) is 88.4 Å². The summed E-state index contributed by atoms with van der Waals surface area (Å²) in [6.45, 7) is 0.103. The number of methoxy groups -OCH3 is 2. The minimum atomic E-state index is -1.25. The zero-order valence-corrected chi connectivity index (χ0v) is 8.16. The fourth-order valence-electron chi connectivity index (χ4n) is 1.48. The Morgan fingerprint density at radius 3 is 2.29 bits per heavy atom. The van der Waals surface area contributed by atoms with E-state index < -0.39 is 30.7 Å². The third-order valence-corrected chi connectivity index (χ3v) is 2.27. The highest BCUT2D eigenvalue weighted by atomic mass is 16.7. The van der Waals surface area contributed by atoms with Gasteiger partial charge >= 0.3 is 0 Å². The van der Waals surface area contributed by atoms with Gasteiger partial charge in [-0.15, -0.1) is 0 Å². The maximum atomic E-state index is 9.54. The standard InChI is InChI=1S/C8H16O6/c1-12-3-4-5(9)6(10)7(13-2)8(11)14-4/h4-11H,3H2,1-2H3/t4-,5+,6+,7-,8-/m1/s1. The van der Waals surface area contributed by atoms with Crippen LogP contribution in [0.25, 0.3) is 0 Å². The predicted octanol–water partition coefficient (Wildman–Crippen LogP) is -1.91. The van der Waals surface area contributed by atoms with Gasteiger partial charge in [0.1, 0.15) is 24.4 Å². The zero-order valence-electron chi connectivity index (χ0n) is 8.16. The Labute approximate surface area is 82.0 Å². The van der Waals surface area contributed by atoms with E-state index in [4.69, 9.17) is 14.2 Å². The molecule has 0 spiro atoms. The second-order valence-corrected chi connectivity index (χ2v) is 3.20. The molecule has 6 nitrogen and oxygen atoms in total. The SMILES string of the molecule is COC[C@H]1O[C@@H](O)[C@H](OC)[C@@H](O)[C@H]1O. The summed E-state index contributed by atoms with van der Waals surface area (Å²) in [5.74, 6) is 0. The van der Waals surface area contributed by atoms with Crippen molar-refractivity contribution in [3.05, 3.63) is 0 Å². The van der Waals surface area contributed by atoms with Gasteiger partial charge < -0.3 is 29.5 Å². The number of rotatable bonds is 3. The van der Waals surface area contributed by atoms with E-state index >= 15 is 0 Å². The summed E-state index contributed by atoms with van der Waals surface area (Å²) in [7, 11) is 2.76. The van der Waals surface area contributed by atoms with E-state index in [1.54, 1.807) is 0 Å². The van der Waals surface area contributed by atoms with E-state index in [0.717, 1.165) is 0 Å². The van der Waals surface area contributed by atoms with Crippen LogP contribution in [0, 0.1) is 0 Å². The summed E-state index contributed by atoms with van der Waals surface area (Å²) in [5.41, 5.74) is 0. The summed E-state index contributed by atoms with van der Waals surface area (Å²) >= 11 is 0. The van der Waals surface area contributed by atoms with E-state index in [9.17, 15) is 15.3 Å². The van der Waals surface area contributed by atoms with Crippen LogP contribution in [0.3, 0.4) is 0 Å². The van der Waals surface area contributed by atoms with Gasteiger partial charge in [0.2, 0.25) is 0 Å². The van der Waals surface area contributed by atoms with E-state index in [1.807, 2.05) is 0 Å². The maximum Gasteiger partial charge on any atom is 0.184 e. The first-order chi connectivity index (χ1) is 6.61. The molecule has 1 heterocycles. The molecule has 0 aromatic heterocycles. The van der Waals surface area contributed by atoms with Crippen LogP contribution in [0.15, 0.2) is 0 Å². The summed E-state index contributed by atoms with van der Waals surface area (Å²) in [5, 5.41) is 28.5. The van der Waals surface area contributed by atoms with Crippen molar-refractivity contribution in [2.75, 3.05) is 20.8 Å². The second-order valence-electron chi connectivity index (χ2n) is 3.20. The van der Waals surface area contributed by atoms with Crippen LogP contribution in [0.5, 0.6) is 0 Å². The summed E-state index contributed by atoms with van der Waals surface area (Å²) < 4.78 is 14.6. The number of ether oxygens (including phenoxy) is 3. The highest BCUT2D eigenvalue weighted by Gasteiger charge is 2.43. The molecule has 0 unspecified atom stereocenters. The molecular weight excluding hydrogens is 192 g/mol. The molecule has 14 heavy (non-hydrogen) atoms. The average molecular weight is 208 g/mol. The Morgan fingerprint density at radius 1 is 1.14 bits per heavy atom. The molecule has 0 bridgehead atoms. The van der Waals surface area contributed by atoms with Gasteiger partial charge in [-0.3, -0.25) is 0 Å². The minimum absolute atomic E-state index is 0.103. The number of aliphatic hydroxyl groups is 3. The van der Waals surface area contributed by atoms with Gasteiger partial charge in [0.25, 0.3) is 0 Å². The van der Waals surface area contributed by atoms with Gasteiger partial charge in [0, 0.05) is 14.2 Å². The van der Waals surface area contributed by atoms with Crippen molar-refractivity contribution < 1.29 is 29.5 Å². The lowest BCUT2D eigenvalue weighted by Gasteiger charge is -2.39. The molecule has 1 saturated heterocycles. The zero-order chi connectivity index (χ0) is 10.7. The third kappa shape index (κ3) is 2.22. The Hall–Kier alpha value is -0.240. The highest BCUT2D eigenvalue weighted by molar-refractivity contribution is 4.89. The molecule has 0 radical (unpaired) electrons. The molecule has 0 aromatic carbocycles. The molecule has 1 aliphatic rings. The van der Waals surface area contributed by atoms with Crippen LogP contribution in [0.1, 0.15) is 0 Å². The third-order valence-electron chi connectivity index (χ3n) is 2.27. The van der Waals surface area contributed by atoms with Crippen LogP contribution < -0.4 is 0 Å². The average Bonchev–Trinajstić information content (AvgIpc) is 2.15. The summed E-state index contributed by atoms with van der Waals surface area (Å²) in [4.78, 5) is 0. The predicted molar refractivity (Wildman–Crippen MR) is 45.6 cm³/mol. The van der Waals surface area contributed by atoms with Crippen LogP contribution in [-0.2, 0) is 14.2 Å². The Kier molecular flexibility index (Phi) is 4.24. The monoisotopic (exact) mass is 208 g/mol. The lowest BCUT2D eigenvalue weighted by Crippen LogP contribution is -2.59. The van der Waals surface area contributed by atoms with Gasteiger partial charge in [-0.25, -0.2) is 0 Å². The van der Waals surface area contributed by atoms with Crippen LogP contribution in [0.2, 0.25) is 0 Å². The normalized spacial score (nSPS) is 43.9. The van der Waals surface area contributed by atoms with Crippen molar-refractivity contribution in [2.24, 2.45) is 0 Å². The van der Waals surface area contributed by atoms with E-state index in [-0.39, 0.29) is 6.61 Å². The van der Waals surface area contributed by atoms with Crippen molar-refractivity contribution in [1.82, 2.24) is 0 Å². The van der Waals surface area contributed by atoms with Crippen molar-refractivity contribution in [3.63, 3.8) is 0 Å². The molecule has 1 fully saturated rings. The second kappa shape index (κ2) is 5.01. The van der Waals surface area contributed by atoms with Crippen molar-refractivity contribution >= 4 is 0 Å². The molecule has 3 N–H and O–H groups in total. The lowest BCUT2D eigenvalue weighted by molar-refractivity contribution is -0.292. The number of aliphatic hydroxyl groups excluding tert-OH is 3. The van der Waals surface area contributed by atoms with Gasteiger partial charge in [0.15, 0.2) is 6.29 Å². The van der Waals surface area contributed by atoms with E-state index in [1.165, 1.54) is 14.2 Å². The Bertz CT molecular complexity index is 173. The first-order valence-electron chi connectivity index (χ1n) is 4.33. The quantitative estimate of drug-likeness (QED) is 0.501. The Balaban J connectivity index is 2.62. The van der Waals surface area contributed by atoms with Crippen molar-refractivity contribution in [2.45, 2.75) is 30.7 Å². The highest BCUT2D eigenvalue weighted by Crippen LogP contribution is 2.21. The molecule has 0 saturated carbocycles. The fourth-order valence-corrected chi connectivity index (χ4v) is 1.48. The number of hydrogen-bond acceptors (Lipinski definition) is 6. The van der Waals surface area contributed by atoms with Crippen LogP contribution >= 0.6 is 0 Å². The van der Waals surface area contributed by atoms with Gasteiger partial charge in [-0.05, 0) is 0 Å². The molecule has 6 heteroatoms. The van der Waals surface area contributed by atoms with Gasteiger partial charge in [0.05, 0.1) is 6.61 Å². The summed E-state index contributed by atoms with van der Waals surface area (Å²) in [6.07, 6.45) is -5.22. The molecule has 0 amide bonds. The summed E-state index contributed by atoms with van der Waals surface area (Å²) in [6, 6.07) is 0. The largest absolute Gasteiger partial charge is 0.387 e. The molecule has 1 aliphatic heterocycles. The molecule has 5 atom stereocenters. The van der Waals surface area contributed by atoms with Gasteiger partial charge in [-0.1, -0.05) is 0 Å². The molecule has 1 rings (SSSR count). The molecular formula is C8H16O6. The maximum absolute atomic E-state index is 9.54. The smallest absolute Gasteiger partial charge is 0.184 e. The van der Waals surface area contributed by atoms with Crippen molar-refractivity contribution in [1.29, 1.82) is 0 Å².